The lowest BCUT2D eigenvalue weighted by molar-refractivity contribution is 0.281. The van der Waals surface area contributed by atoms with Gasteiger partial charge in [0, 0.05) is 24.3 Å². The molecule has 21 heavy (non-hydrogen) atoms. The maximum absolute atomic E-state index is 4.14. The van der Waals surface area contributed by atoms with Crippen LogP contribution in [0.25, 0.3) is 11.4 Å². The van der Waals surface area contributed by atoms with E-state index in [4.69, 9.17) is 0 Å². The highest BCUT2D eigenvalue weighted by atomic mass is 15.2. The van der Waals surface area contributed by atoms with Gasteiger partial charge < -0.3 is 9.88 Å². The first-order valence-corrected chi connectivity index (χ1v) is 7.83. The van der Waals surface area contributed by atoms with E-state index in [1.165, 1.54) is 24.9 Å². The van der Waals surface area contributed by atoms with Gasteiger partial charge in [-0.25, -0.2) is 0 Å². The molecule has 3 rings (SSSR count). The standard InChI is InChI=1S/C17H24N4/c1-12-8-13(2)10-16(9-12)19-15-6-4-14(5-7-15)17-20-18-11-21(17)3/h4-7,11-13,16,19H,8-10H2,1-3H3. The Labute approximate surface area is 126 Å². The number of nitrogens with one attached hydrogen (secondary N) is 1. The second-order valence-corrected chi connectivity index (χ2v) is 6.60. The molecule has 0 spiro atoms. The Morgan fingerprint density at radius 3 is 2.29 bits per heavy atom. The van der Waals surface area contributed by atoms with Gasteiger partial charge in [-0.05, 0) is 55.4 Å². The molecule has 1 aromatic carbocycles. The second kappa shape index (κ2) is 5.88. The Morgan fingerprint density at radius 2 is 1.71 bits per heavy atom. The van der Waals surface area contributed by atoms with Crippen molar-refractivity contribution in [1.29, 1.82) is 0 Å². The van der Waals surface area contributed by atoms with Gasteiger partial charge in [-0.3, -0.25) is 0 Å². The van der Waals surface area contributed by atoms with Crippen molar-refractivity contribution in [2.45, 2.75) is 39.2 Å². The molecule has 4 nitrogen and oxygen atoms in total. The van der Waals surface area contributed by atoms with Gasteiger partial charge in [0.25, 0.3) is 0 Å². The summed E-state index contributed by atoms with van der Waals surface area (Å²) >= 11 is 0. The minimum absolute atomic E-state index is 0.601. The van der Waals surface area contributed by atoms with Crippen LogP contribution >= 0.6 is 0 Å². The molecular formula is C17H24N4. The zero-order valence-corrected chi connectivity index (χ0v) is 13.1. The number of aromatic nitrogens is 3. The molecule has 2 atom stereocenters. The first kappa shape index (κ1) is 14.1. The van der Waals surface area contributed by atoms with Crippen LogP contribution in [0.15, 0.2) is 30.6 Å². The summed E-state index contributed by atoms with van der Waals surface area (Å²) in [7, 11) is 1.96. The highest BCUT2D eigenvalue weighted by Gasteiger charge is 2.23. The van der Waals surface area contributed by atoms with Crippen LogP contribution in [-0.4, -0.2) is 20.8 Å². The molecule has 0 amide bonds. The maximum Gasteiger partial charge on any atom is 0.163 e. The molecule has 2 unspecified atom stereocenters. The average Bonchev–Trinajstić information content (AvgIpc) is 2.85. The van der Waals surface area contributed by atoms with Gasteiger partial charge >= 0.3 is 0 Å². The number of rotatable bonds is 3. The lowest BCUT2D eigenvalue weighted by Crippen LogP contribution is -2.30. The average molecular weight is 284 g/mol. The highest BCUT2D eigenvalue weighted by Crippen LogP contribution is 2.30. The van der Waals surface area contributed by atoms with Crippen LogP contribution < -0.4 is 5.32 Å². The summed E-state index contributed by atoms with van der Waals surface area (Å²) < 4.78 is 1.94. The van der Waals surface area contributed by atoms with Crippen molar-refractivity contribution in [3.63, 3.8) is 0 Å². The van der Waals surface area contributed by atoms with Crippen molar-refractivity contribution in [1.82, 2.24) is 14.8 Å². The van der Waals surface area contributed by atoms with Crippen LogP contribution in [0.1, 0.15) is 33.1 Å². The number of aryl methyl sites for hydroxylation is 1. The minimum Gasteiger partial charge on any atom is -0.382 e. The summed E-state index contributed by atoms with van der Waals surface area (Å²) in [5.74, 6) is 2.55. The largest absolute Gasteiger partial charge is 0.382 e. The first-order chi connectivity index (χ1) is 10.1. The third kappa shape index (κ3) is 3.26. The summed E-state index contributed by atoms with van der Waals surface area (Å²) in [6.07, 6.45) is 5.64. The topological polar surface area (TPSA) is 42.7 Å². The Kier molecular flexibility index (Phi) is 3.95. The molecular weight excluding hydrogens is 260 g/mol. The molecule has 0 saturated heterocycles. The van der Waals surface area contributed by atoms with Gasteiger partial charge in [-0.2, -0.15) is 0 Å². The van der Waals surface area contributed by atoms with Crippen LogP contribution in [0, 0.1) is 11.8 Å². The van der Waals surface area contributed by atoms with E-state index in [1.54, 1.807) is 6.33 Å². The van der Waals surface area contributed by atoms with Gasteiger partial charge in [0.1, 0.15) is 6.33 Å². The van der Waals surface area contributed by atoms with E-state index >= 15 is 0 Å². The number of nitrogens with zero attached hydrogens (tertiary/aromatic N) is 3. The Hall–Kier alpha value is -1.84. The zero-order valence-electron chi connectivity index (χ0n) is 13.1. The summed E-state index contributed by atoms with van der Waals surface area (Å²) in [6, 6.07) is 9.12. The van der Waals surface area contributed by atoms with Crippen molar-refractivity contribution < 1.29 is 0 Å². The molecule has 1 saturated carbocycles. The maximum atomic E-state index is 4.14. The van der Waals surface area contributed by atoms with Crippen molar-refractivity contribution in [2.75, 3.05) is 5.32 Å². The van der Waals surface area contributed by atoms with Crippen LogP contribution in [-0.2, 0) is 7.05 Å². The Morgan fingerprint density at radius 1 is 1.05 bits per heavy atom. The smallest absolute Gasteiger partial charge is 0.163 e. The Balaban J connectivity index is 1.69. The molecule has 0 bridgehead atoms. The number of benzene rings is 1. The van der Waals surface area contributed by atoms with Crippen LogP contribution in [0.2, 0.25) is 0 Å². The molecule has 2 aromatic rings. The van der Waals surface area contributed by atoms with E-state index in [2.05, 4.69) is 53.6 Å². The fourth-order valence-electron chi connectivity index (χ4n) is 3.56. The highest BCUT2D eigenvalue weighted by molar-refractivity contribution is 5.59. The third-order valence-electron chi connectivity index (χ3n) is 4.40. The lowest BCUT2D eigenvalue weighted by Gasteiger charge is -2.32. The number of hydrogen-bond acceptors (Lipinski definition) is 3. The number of anilines is 1. The Bertz CT molecular complexity index is 577. The molecule has 1 N–H and O–H groups in total. The number of hydrogen-bond donors (Lipinski definition) is 1. The minimum atomic E-state index is 0.601. The van der Waals surface area contributed by atoms with Gasteiger partial charge in [0.2, 0.25) is 0 Å². The van der Waals surface area contributed by atoms with Crippen molar-refractivity contribution >= 4 is 5.69 Å². The van der Waals surface area contributed by atoms with E-state index in [0.29, 0.717) is 6.04 Å². The summed E-state index contributed by atoms with van der Waals surface area (Å²) in [4.78, 5) is 0. The fraction of sp³-hybridized carbons (Fsp3) is 0.529. The molecule has 4 heteroatoms. The first-order valence-electron chi connectivity index (χ1n) is 7.83. The predicted octanol–water partition coefficient (Wildman–Crippen LogP) is 3.72. The van der Waals surface area contributed by atoms with Crippen molar-refractivity contribution in [3.05, 3.63) is 30.6 Å². The molecule has 112 valence electrons. The summed E-state index contributed by atoms with van der Waals surface area (Å²) in [6.45, 7) is 4.73. The normalized spacial score (nSPS) is 25.8. The molecule has 1 aliphatic carbocycles. The summed E-state index contributed by atoms with van der Waals surface area (Å²) in [5, 5.41) is 11.8. The SMILES string of the molecule is CC1CC(C)CC(Nc2ccc(-c3nncn3C)cc2)C1. The fourth-order valence-corrected chi connectivity index (χ4v) is 3.56. The third-order valence-corrected chi connectivity index (χ3v) is 4.40. The molecule has 0 aliphatic heterocycles. The van der Waals surface area contributed by atoms with E-state index in [-0.39, 0.29) is 0 Å². The van der Waals surface area contributed by atoms with E-state index in [9.17, 15) is 0 Å². The van der Waals surface area contributed by atoms with Gasteiger partial charge in [-0.1, -0.05) is 13.8 Å². The molecule has 1 fully saturated rings. The quantitative estimate of drug-likeness (QED) is 0.934. The van der Waals surface area contributed by atoms with Crippen LogP contribution in [0.4, 0.5) is 5.69 Å². The van der Waals surface area contributed by atoms with Crippen LogP contribution in [0.5, 0.6) is 0 Å². The van der Waals surface area contributed by atoms with Crippen molar-refractivity contribution in [2.24, 2.45) is 18.9 Å². The van der Waals surface area contributed by atoms with E-state index in [0.717, 1.165) is 23.2 Å². The van der Waals surface area contributed by atoms with Gasteiger partial charge in [0.15, 0.2) is 5.82 Å². The monoisotopic (exact) mass is 284 g/mol. The molecule has 1 aliphatic rings. The van der Waals surface area contributed by atoms with Gasteiger partial charge in [0.05, 0.1) is 0 Å². The summed E-state index contributed by atoms with van der Waals surface area (Å²) in [5.41, 5.74) is 2.30. The van der Waals surface area contributed by atoms with Gasteiger partial charge in [-0.15, -0.1) is 10.2 Å². The zero-order chi connectivity index (χ0) is 14.8. The molecule has 0 radical (unpaired) electrons. The van der Waals surface area contributed by atoms with E-state index in [1.807, 2.05) is 11.6 Å². The van der Waals surface area contributed by atoms with E-state index < -0.39 is 0 Å². The predicted molar refractivity (Wildman–Crippen MR) is 86.0 cm³/mol. The van der Waals surface area contributed by atoms with Crippen LogP contribution in [0.3, 0.4) is 0 Å². The second-order valence-electron chi connectivity index (χ2n) is 6.60. The molecule has 1 aromatic heterocycles. The van der Waals surface area contributed by atoms with Crippen molar-refractivity contribution in [3.8, 4) is 11.4 Å². The molecule has 1 heterocycles. The lowest BCUT2D eigenvalue weighted by atomic mass is 9.80.